The highest BCUT2D eigenvalue weighted by Crippen LogP contribution is 2.37. The smallest absolute Gasteiger partial charge is 0.408 e. The quantitative estimate of drug-likeness (QED) is 0.364. The third-order valence-electron chi connectivity index (χ3n) is 7.10. The van der Waals surface area contributed by atoms with Gasteiger partial charge < -0.3 is 31.1 Å². The monoisotopic (exact) mass is 530 g/mol. The van der Waals surface area contributed by atoms with E-state index in [2.05, 4.69) is 10.6 Å². The van der Waals surface area contributed by atoms with Crippen LogP contribution in [0.4, 0.5) is 4.79 Å². The molecule has 2 atom stereocenters. The predicted molar refractivity (Wildman–Crippen MR) is 142 cm³/mol. The Labute approximate surface area is 224 Å². The molecule has 10 nitrogen and oxygen atoms in total. The number of carbonyl (C=O) groups excluding carboxylic acids is 4. The van der Waals surface area contributed by atoms with E-state index in [0.29, 0.717) is 18.4 Å². The maximum Gasteiger partial charge on any atom is 0.408 e. The first kappa shape index (κ1) is 29.3. The number of ether oxygens (including phenoxy) is 1. The minimum absolute atomic E-state index is 0.00602. The summed E-state index contributed by atoms with van der Waals surface area (Å²) in [7, 11) is 0. The van der Waals surface area contributed by atoms with Gasteiger partial charge in [-0.3, -0.25) is 14.4 Å². The van der Waals surface area contributed by atoms with Crippen LogP contribution < -0.4 is 16.4 Å². The molecule has 2 aliphatic rings. The third kappa shape index (κ3) is 8.10. The van der Waals surface area contributed by atoms with E-state index < -0.39 is 35.6 Å². The molecule has 4 amide bonds. The fourth-order valence-electron chi connectivity index (χ4n) is 5.02. The van der Waals surface area contributed by atoms with E-state index in [1.165, 1.54) is 11.0 Å². The molecule has 0 aromatic heterocycles. The molecule has 10 heteroatoms. The Morgan fingerprint density at radius 3 is 2.26 bits per heavy atom. The molecule has 1 aromatic rings. The summed E-state index contributed by atoms with van der Waals surface area (Å²) in [5.74, 6) is -1.60. The average Bonchev–Trinajstić information content (AvgIpc) is 2.80. The highest BCUT2D eigenvalue weighted by Gasteiger charge is 2.43. The summed E-state index contributed by atoms with van der Waals surface area (Å²) in [6, 6.07) is 3.98. The molecule has 3 rings (SSSR count). The van der Waals surface area contributed by atoms with Crippen molar-refractivity contribution in [3.8, 4) is 5.75 Å². The van der Waals surface area contributed by atoms with Crippen molar-refractivity contribution in [2.75, 3.05) is 0 Å². The van der Waals surface area contributed by atoms with E-state index in [1.807, 2.05) is 0 Å². The van der Waals surface area contributed by atoms with Crippen LogP contribution in [0.3, 0.4) is 0 Å². The fourth-order valence-corrected chi connectivity index (χ4v) is 5.02. The second kappa shape index (κ2) is 13.0. The lowest BCUT2D eigenvalue weighted by Gasteiger charge is -2.44. The molecule has 0 aliphatic heterocycles. The number of nitrogens with zero attached hydrogens (tertiary/aromatic N) is 1. The van der Waals surface area contributed by atoms with Crippen LogP contribution in [0.5, 0.6) is 5.75 Å². The van der Waals surface area contributed by atoms with E-state index in [0.717, 1.165) is 38.5 Å². The number of aromatic hydroxyl groups is 1. The van der Waals surface area contributed by atoms with Gasteiger partial charge in [0.05, 0.1) is 0 Å². The number of rotatable bonds is 10. The van der Waals surface area contributed by atoms with Gasteiger partial charge in [-0.15, -0.1) is 0 Å². The molecule has 0 radical (unpaired) electrons. The number of phenols is 1. The largest absolute Gasteiger partial charge is 0.508 e. The van der Waals surface area contributed by atoms with Crippen LogP contribution in [0.1, 0.15) is 96.6 Å². The van der Waals surface area contributed by atoms with Crippen molar-refractivity contribution in [3.63, 3.8) is 0 Å². The number of nitrogens with one attached hydrogen (secondary N) is 2. The zero-order valence-corrected chi connectivity index (χ0v) is 22.7. The van der Waals surface area contributed by atoms with Gasteiger partial charge in [-0.05, 0) is 65.4 Å². The van der Waals surface area contributed by atoms with Crippen molar-refractivity contribution in [1.82, 2.24) is 15.5 Å². The molecule has 2 aliphatic carbocycles. The number of amides is 4. The van der Waals surface area contributed by atoms with E-state index in [-0.39, 0.29) is 36.6 Å². The number of hydrogen-bond acceptors (Lipinski definition) is 6. The molecule has 2 unspecified atom stereocenters. The molecule has 0 bridgehead atoms. The van der Waals surface area contributed by atoms with Gasteiger partial charge in [0, 0.05) is 24.1 Å². The molecular weight excluding hydrogens is 488 g/mol. The van der Waals surface area contributed by atoms with Crippen LogP contribution in [0, 0.1) is 0 Å². The number of alkyl carbamates (subject to hydrolysis) is 1. The number of para-hydroxylation sites is 1. The van der Waals surface area contributed by atoms with Gasteiger partial charge in [-0.1, -0.05) is 37.5 Å². The molecule has 0 spiro atoms. The Morgan fingerprint density at radius 1 is 1.05 bits per heavy atom. The van der Waals surface area contributed by atoms with E-state index >= 15 is 0 Å². The summed E-state index contributed by atoms with van der Waals surface area (Å²) in [5, 5.41) is 16.5. The Kier molecular flexibility index (Phi) is 9.99. The van der Waals surface area contributed by atoms with Crippen molar-refractivity contribution in [2.24, 2.45) is 5.73 Å². The summed E-state index contributed by atoms with van der Waals surface area (Å²) in [4.78, 5) is 53.7. The number of carbonyl (C=O) groups is 4. The fraction of sp³-hybridized carbons (Fsp3) is 0.643. The first-order valence-electron chi connectivity index (χ1n) is 13.6. The van der Waals surface area contributed by atoms with Gasteiger partial charge in [-0.2, -0.15) is 0 Å². The van der Waals surface area contributed by atoms with Crippen LogP contribution in [-0.4, -0.2) is 57.5 Å². The molecule has 38 heavy (non-hydrogen) atoms. The lowest BCUT2D eigenvalue weighted by atomic mass is 9.87. The Morgan fingerprint density at radius 2 is 1.71 bits per heavy atom. The highest BCUT2D eigenvalue weighted by atomic mass is 16.6. The minimum atomic E-state index is -1.14. The molecule has 5 N–H and O–H groups in total. The van der Waals surface area contributed by atoms with Crippen LogP contribution in [0.2, 0.25) is 0 Å². The van der Waals surface area contributed by atoms with Crippen molar-refractivity contribution < 1.29 is 29.0 Å². The summed E-state index contributed by atoms with van der Waals surface area (Å²) >= 11 is 0. The minimum Gasteiger partial charge on any atom is -0.508 e. The molecule has 210 valence electrons. The Hall–Kier alpha value is -3.30. The van der Waals surface area contributed by atoms with Crippen molar-refractivity contribution in [3.05, 3.63) is 29.8 Å². The van der Waals surface area contributed by atoms with Gasteiger partial charge in [0.2, 0.25) is 17.7 Å². The van der Waals surface area contributed by atoms with E-state index in [9.17, 15) is 24.3 Å². The SMILES string of the molecule is CC(C)(C)OC(=O)NC(CCC(N)=O)C(=O)N(C1CCC1)C(C(=O)NC1CCCCC1)c1ccccc1O. The maximum atomic E-state index is 14.2. The molecule has 1 aromatic carbocycles. The first-order chi connectivity index (χ1) is 18.0. The second-order valence-electron chi connectivity index (χ2n) is 11.3. The number of primary amides is 1. The second-order valence-corrected chi connectivity index (χ2v) is 11.3. The predicted octanol–water partition coefficient (Wildman–Crippen LogP) is 3.42. The Bertz CT molecular complexity index is 997. The zero-order chi connectivity index (χ0) is 27.9. The van der Waals surface area contributed by atoms with Crippen molar-refractivity contribution in [1.29, 1.82) is 0 Å². The maximum absolute atomic E-state index is 14.2. The molecule has 0 heterocycles. The molecular formula is C28H42N4O6. The number of hydrogen-bond donors (Lipinski definition) is 4. The topological polar surface area (TPSA) is 151 Å². The zero-order valence-electron chi connectivity index (χ0n) is 22.7. The van der Waals surface area contributed by atoms with Crippen LogP contribution in [-0.2, 0) is 19.1 Å². The summed E-state index contributed by atoms with van der Waals surface area (Å²) < 4.78 is 5.36. The number of nitrogens with two attached hydrogens (primary N) is 1. The van der Waals surface area contributed by atoms with Crippen LogP contribution in [0.15, 0.2) is 24.3 Å². The summed E-state index contributed by atoms with van der Waals surface area (Å²) in [6.45, 7) is 5.12. The van der Waals surface area contributed by atoms with Gasteiger partial charge >= 0.3 is 6.09 Å². The van der Waals surface area contributed by atoms with E-state index in [4.69, 9.17) is 10.5 Å². The standard InChI is InChI=1S/C28H42N4O6/c1-28(2,3)38-27(37)31-21(16-17-23(29)34)26(36)32(19-12-9-13-19)24(20-14-7-8-15-22(20)33)25(35)30-18-10-5-4-6-11-18/h7-8,14-15,18-19,21,24,33H,4-6,9-13,16-17H2,1-3H3,(H2,29,34)(H,30,35)(H,31,37). The van der Waals surface area contributed by atoms with Crippen molar-refractivity contribution in [2.45, 2.75) is 115 Å². The number of benzene rings is 1. The van der Waals surface area contributed by atoms with Gasteiger partial charge in [0.15, 0.2) is 0 Å². The van der Waals surface area contributed by atoms with Crippen LogP contribution in [0.25, 0.3) is 0 Å². The highest BCUT2D eigenvalue weighted by molar-refractivity contribution is 5.93. The third-order valence-corrected chi connectivity index (χ3v) is 7.10. The Balaban J connectivity index is 1.97. The van der Waals surface area contributed by atoms with Gasteiger partial charge in [-0.25, -0.2) is 4.79 Å². The molecule has 2 fully saturated rings. The normalized spacial score (nSPS) is 18.0. The lowest BCUT2D eigenvalue weighted by molar-refractivity contribution is -0.148. The summed E-state index contributed by atoms with van der Waals surface area (Å²) in [6.07, 6.45) is 6.14. The first-order valence-corrected chi connectivity index (χ1v) is 13.6. The van der Waals surface area contributed by atoms with E-state index in [1.54, 1.807) is 39.0 Å². The van der Waals surface area contributed by atoms with Gasteiger partial charge in [0.1, 0.15) is 23.4 Å². The lowest BCUT2D eigenvalue weighted by Crippen LogP contribution is -2.58. The molecule has 2 saturated carbocycles. The van der Waals surface area contributed by atoms with Gasteiger partial charge in [0.25, 0.3) is 0 Å². The van der Waals surface area contributed by atoms with Crippen LogP contribution >= 0.6 is 0 Å². The summed E-state index contributed by atoms with van der Waals surface area (Å²) in [5.41, 5.74) is 4.88. The molecule has 0 saturated heterocycles. The van der Waals surface area contributed by atoms with Crippen molar-refractivity contribution >= 4 is 23.8 Å². The average molecular weight is 531 g/mol. The number of phenolic OH excluding ortho intramolecular Hbond substituents is 1.